The number of benzene rings is 1. The van der Waals surface area contributed by atoms with Crippen LogP contribution in [0.1, 0.15) is 18.1 Å². The highest BCUT2D eigenvalue weighted by Gasteiger charge is 2.16. The minimum Gasteiger partial charge on any atom is -0.503 e. The Balaban J connectivity index is 3.12. The summed E-state index contributed by atoms with van der Waals surface area (Å²) in [5.41, 5.74) is 0.467. The number of nitriles is 1. The minimum atomic E-state index is -0.916. The van der Waals surface area contributed by atoms with E-state index in [4.69, 9.17) is 10.00 Å². The minimum absolute atomic E-state index is 0.0234. The first-order valence-electron chi connectivity index (χ1n) is 4.22. The second-order valence-electron chi connectivity index (χ2n) is 2.90. The van der Waals surface area contributed by atoms with Gasteiger partial charge >= 0.3 is 0 Å². The van der Waals surface area contributed by atoms with E-state index in [-0.39, 0.29) is 12.2 Å². The molecule has 0 aromatic heterocycles. The second kappa shape index (κ2) is 5.01. The molecule has 1 atom stereocenters. The van der Waals surface area contributed by atoms with E-state index >= 15 is 0 Å². The molecule has 0 aliphatic heterocycles. The Morgan fingerprint density at radius 2 is 2.27 bits per heavy atom. The molecule has 1 aromatic carbocycles. The van der Waals surface area contributed by atoms with Gasteiger partial charge in [-0.2, -0.15) is 5.26 Å². The van der Waals surface area contributed by atoms with Gasteiger partial charge in [0.15, 0.2) is 11.5 Å². The van der Waals surface area contributed by atoms with E-state index in [1.54, 1.807) is 6.07 Å². The first-order chi connectivity index (χ1) is 7.11. The van der Waals surface area contributed by atoms with Crippen LogP contribution in [0.5, 0.6) is 11.5 Å². The van der Waals surface area contributed by atoms with Crippen LogP contribution in [0.3, 0.4) is 0 Å². The third-order valence-electron chi connectivity index (χ3n) is 1.97. The van der Waals surface area contributed by atoms with E-state index in [1.165, 1.54) is 13.2 Å². The van der Waals surface area contributed by atoms with E-state index in [9.17, 15) is 10.2 Å². The van der Waals surface area contributed by atoms with Crippen LogP contribution in [0.4, 0.5) is 0 Å². The number of ether oxygens (including phenoxy) is 1. The zero-order valence-electron chi connectivity index (χ0n) is 8.07. The van der Waals surface area contributed by atoms with Gasteiger partial charge in [0.05, 0.1) is 30.2 Å². The summed E-state index contributed by atoms with van der Waals surface area (Å²) in [4.78, 5) is 0. The average molecular weight is 272 g/mol. The van der Waals surface area contributed by atoms with Crippen LogP contribution in [0.25, 0.3) is 0 Å². The van der Waals surface area contributed by atoms with Crippen LogP contribution in [-0.4, -0.2) is 17.3 Å². The van der Waals surface area contributed by atoms with Gasteiger partial charge in [-0.15, -0.1) is 0 Å². The summed E-state index contributed by atoms with van der Waals surface area (Å²) in [6.45, 7) is 0. The summed E-state index contributed by atoms with van der Waals surface area (Å²) in [6, 6.07) is 5.00. The van der Waals surface area contributed by atoms with Crippen LogP contribution in [0, 0.1) is 11.3 Å². The summed E-state index contributed by atoms with van der Waals surface area (Å²) in [5.74, 6) is 0.238. The van der Waals surface area contributed by atoms with Crippen molar-refractivity contribution in [1.29, 1.82) is 5.26 Å². The molecule has 0 saturated carbocycles. The summed E-state index contributed by atoms with van der Waals surface area (Å²) in [7, 11) is 1.44. The van der Waals surface area contributed by atoms with E-state index in [1.807, 2.05) is 6.07 Å². The molecule has 0 spiro atoms. The van der Waals surface area contributed by atoms with Crippen molar-refractivity contribution in [1.82, 2.24) is 0 Å². The molecule has 0 radical (unpaired) electrons. The Morgan fingerprint density at radius 1 is 1.60 bits per heavy atom. The van der Waals surface area contributed by atoms with Crippen molar-refractivity contribution in [3.05, 3.63) is 22.2 Å². The molecular formula is C10H10BrNO3. The number of nitrogens with zero attached hydrogens (tertiary/aromatic N) is 1. The summed E-state index contributed by atoms with van der Waals surface area (Å²) >= 11 is 3.14. The van der Waals surface area contributed by atoms with Gasteiger partial charge in [0, 0.05) is 0 Å². The summed E-state index contributed by atoms with van der Waals surface area (Å²) in [5, 5.41) is 27.7. The number of rotatable bonds is 3. The largest absolute Gasteiger partial charge is 0.503 e. The number of aliphatic hydroxyl groups excluding tert-OH is 1. The van der Waals surface area contributed by atoms with Gasteiger partial charge in [0.1, 0.15) is 0 Å². The summed E-state index contributed by atoms with van der Waals surface area (Å²) in [6.07, 6.45) is -0.939. The monoisotopic (exact) mass is 271 g/mol. The van der Waals surface area contributed by atoms with Crippen LogP contribution in [0.2, 0.25) is 0 Å². The van der Waals surface area contributed by atoms with Crippen molar-refractivity contribution in [3.63, 3.8) is 0 Å². The highest BCUT2D eigenvalue weighted by atomic mass is 79.9. The zero-order valence-corrected chi connectivity index (χ0v) is 9.65. The number of phenolic OH excluding ortho intramolecular Hbond substituents is 1. The number of halogens is 1. The molecule has 0 aliphatic rings. The quantitative estimate of drug-likeness (QED) is 0.883. The molecule has 80 valence electrons. The Kier molecular flexibility index (Phi) is 3.95. The average Bonchev–Trinajstić information content (AvgIpc) is 2.22. The fourth-order valence-electron chi connectivity index (χ4n) is 1.18. The van der Waals surface area contributed by atoms with E-state index < -0.39 is 6.10 Å². The highest BCUT2D eigenvalue weighted by molar-refractivity contribution is 9.10. The Bertz CT molecular complexity index is 400. The summed E-state index contributed by atoms with van der Waals surface area (Å²) < 4.78 is 5.25. The number of phenols is 1. The van der Waals surface area contributed by atoms with Gasteiger partial charge in [-0.05, 0) is 27.6 Å². The lowest BCUT2D eigenvalue weighted by molar-refractivity contribution is 0.182. The van der Waals surface area contributed by atoms with Gasteiger partial charge in [-0.1, -0.05) is 6.07 Å². The maximum Gasteiger partial charge on any atom is 0.172 e. The number of hydrogen-bond acceptors (Lipinski definition) is 4. The lowest BCUT2D eigenvalue weighted by Crippen LogP contribution is -1.98. The first-order valence-corrected chi connectivity index (χ1v) is 5.01. The number of aliphatic hydroxyl groups is 1. The molecule has 1 rings (SSSR count). The third-order valence-corrected chi connectivity index (χ3v) is 2.81. The molecule has 0 amide bonds. The van der Waals surface area contributed by atoms with Gasteiger partial charge in [0.2, 0.25) is 0 Å². The lowest BCUT2D eigenvalue weighted by Gasteiger charge is -2.12. The SMILES string of the molecule is COc1ccc(C(O)CC#N)c(Br)c1O. The standard InChI is InChI=1S/C10H10BrNO3/c1-15-8-3-2-6(7(13)4-5-12)9(11)10(8)14/h2-3,7,13-14H,4H2,1H3. The van der Waals surface area contributed by atoms with E-state index in [0.717, 1.165) is 0 Å². The molecule has 1 unspecified atom stereocenters. The first kappa shape index (κ1) is 11.8. The van der Waals surface area contributed by atoms with Crippen molar-refractivity contribution in [2.24, 2.45) is 0 Å². The fraction of sp³-hybridized carbons (Fsp3) is 0.300. The predicted molar refractivity (Wildman–Crippen MR) is 57.5 cm³/mol. The number of hydrogen-bond donors (Lipinski definition) is 2. The third kappa shape index (κ3) is 2.41. The van der Waals surface area contributed by atoms with Gasteiger partial charge < -0.3 is 14.9 Å². The molecule has 0 bridgehead atoms. The lowest BCUT2D eigenvalue weighted by atomic mass is 10.1. The molecule has 2 N–H and O–H groups in total. The molecule has 1 aromatic rings. The van der Waals surface area contributed by atoms with Crippen molar-refractivity contribution in [3.8, 4) is 17.6 Å². The number of aromatic hydroxyl groups is 1. The van der Waals surface area contributed by atoms with Crippen LogP contribution in [-0.2, 0) is 0 Å². The van der Waals surface area contributed by atoms with Crippen molar-refractivity contribution >= 4 is 15.9 Å². The number of methoxy groups -OCH3 is 1. The van der Waals surface area contributed by atoms with Crippen molar-refractivity contribution in [2.75, 3.05) is 7.11 Å². The van der Waals surface area contributed by atoms with Gasteiger partial charge in [0.25, 0.3) is 0 Å². The molecular weight excluding hydrogens is 262 g/mol. The maximum atomic E-state index is 9.63. The molecule has 0 aliphatic carbocycles. The smallest absolute Gasteiger partial charge is 0.172 e. The molecule has 5 heteroatoms. The zero-order chi connectivity index (χ0) is 11.4. The molecule has 4 nitrogen and oxygen atoms in total. The molecule has 0 fully saturated rings. The molecule has 15 heavy (non-hydrogen) atoms. The van der Waals surface area contributed by atoms with Crippen LogP contribution in [0.15, 0.2) is 16.6 Å². The second-order valence-corrected chi connectivity index (χ2v) is 3.69. The normalized spacial score (nSPS) is 11.9. The molecule has 0 heterocycles. The fourth-order valence-corrected chi connectivity index (χ4v) is 1.77. The maximum absolute atomic E-state index is 9.63. The van der Waals surface area contributed by atoms with Gasteiger partial charge in [-0.25, -0.2) is 0 Å². The van der Waals surface area contributed by atoms with Crippen LogP contribution >= 0.6 is 15.9 Å². The van der Waals surface area contributed by atoms with E-state index in [2.05, 4.69) is 15.9 Å². The topological polar surface area (TPSA) is 73.5 Å². The Morgan fingerprint density at radius 3 is 2.80 bits per heavy atom. The van der Waals surface area contributed by atoms with Crippen molar-refractivity contribution < 1.29 is 14.9 Å². The Labute approximate surface area is 95.9 Å². The highest BCUT2D eigenvalue weighted by Crippen LogP contribution is 2.39. The van der Waals surface area contributed by atoms with Crippen molar-refractivity contribution in [2.45, 2.75) is 12.5 Å². The van der Waals surface area contributed by atoms with Gasteiger partial charge in [-0.3, -0.25) is 0 Å². The molecule has 0 saturated heterocycles. The van der Waals surface area contributed by atoms with E-state index in [0.29, 0.717) is 15.8 Å². The predicted octanol–water partition coefficient (Wildman–Crippen LogP) is 2.11. The Hall–Kier alpha value is -1.25. The van der Waals surface area contributed by atoms with Crippen LogP contribution < -0.4 is 4.74 Å².